The summed E-state index contributed by atoms with van der Waals surface area (Å²) in [4.78, 5) is 19.5. The first kappa shape index (κ1) is 28.1. The fourth-order valence-electron chi connectivity index (χ4n) is 6.94. The minimum Gasteiger partial charge on any atom is -0.456 e. The number of nitrogens with zero attached hydrogens (tertiary/aromatic N) is 5. The fraction of sp³-hybridized carbons (Fsp3) is 0. The molecule has 0 N–H and O–H groups in total. The summed E-state index contributed by atoms with van der Waals surface area (Å²) in [7, 11) is 0. The second-order valence-corrected chi connectivity index (χ2v) is 12.4. The maximum Gasteiger partial charge on any atom is 0.165 e. The highest BCUT2D eigenvalue weighted by Gasteiger charge is 2.17. The van der Waals surface area contributed by atoms with Crippen LogP contribution in [0.1, 0.15) is 0 Å². The third kappa shape index (κ3) is 4.65. The summed E-state index contributed by atoms with van der Waals surface area (Å²) >= 11 is 0. The monoisotopic (exact) mass is 641 g/mol. The smallest absolute Gasteiger partial charge is 0.165 e. The maximum absolute atomic E-state index is 6.24. The molecule has 50 heavy (non-hydrogen) atoms. The molecule has 0 amide bonds. The van der Waals surface area contributed by atoms with Crippen LogP contribution in [-0.2, 0) is 0 Å². The first-order valence-electron chi connectivity index (χ1n) is 16.5. The molecule has 6 nitrogen and oxygen atoms in total. The van der Waals surface area contributed by atoms with Gasteiger partial charge in [0, 0.05) is 44.4 Å². The lowest BCUT2D eigenvalue weighted by molar-refractivity contribution is 0.669. The van der Waals surface area contributed by atoms with Gasteiger partial charge in [0.25, 0.3) is 0 Å². The Morgan fingerprint density at radius 3 is 1.68 bits per heavy atom. The third-order valence-electron chi connectivity index (χ3n) is 9.33. The molecule has 0 spiro atoms. The van der Waals surface area contributed by atoms with Crippen molar-refractivity contribution in [1.82, 2.24) is 24.5 Å². The number of pyridine rings is 1. The quantitative estimate of drug-likeness (QED) is 0.187. The molecule has 0 radical (unpaired) electrons. The van der Waals surface area contributed by atoms with Crippen LogP contribution in [-0.4, -0.2) is 24.5 Å². The molecule has 10 aromatic rings. The predicted molar refractivity (Wildman–Crippen MR) is 201 cm³/mol. The molecule has 0 atom stereocenters. The second-order valence-electron chi connectivity index (χ2n) is 12.4. The van der Waals surface area contributed by atoms with E-state index in [9.17, 15) is 0 Å². The Hall–Kier alpha value is -6.92. The highest BCUT2D eigenvalue weighted by Crippen LogP contribution is 2.37. The van der Waals surface area contributed by atoms with Gasteiger partial charge in [-0.15, -0.1) is 0 Å². The number of rotatable bonds is 5. The van der Waals surface area contributed by atoms with Gasteiger partial charge in [-0.25, -0.2) is 15.0 Å². The average Bonchev–Trinajstić information content (AvgIpc) is 3.73. The molecule has 0 fully saturated rings. The summed E-state index contributed by atoms with van der Waals surface area (Å²) in [5, 5.41) is 4.58. The normalized spacial score (nSPS) is 11.6. The van der Waals surface area contributed by atoms with Gasteiger partial charge in [0.1, 0.15) is 11.2 Å². The van der Waals surface area contributed by atoms with Crippen molar-refractivity contribution in [2.24, 2.45) is 0 Å². The molecule has 0 saturated heterocycles. The summed E-state index contributed by atoms with van der Waals surface area (Å²) < 4.78 is 8.52. The van der Waals surface area contributed by atoms with Crippen molar-refractivity contribution in [3.05, 3.63) is 164 Å². The average molecular weight is 642 g/mol. The van der Waals surface area contributed by atoms with Crippen molar-refractivity contribution >= 4 is 43.7 Å². The summed E-state index contributed by atoms with van der Waals surface area (Å²) in [5.74, 6) is 1.79. The topological polar surface area (TPSA) is 69.6 Å². The Balaban J connectivity index is 1.14. The van der Waals surface area contributed by atoms with E-state index >= 15 is 0 Å². The highest BCUT2D eigenvalue weighted by atomic mass is 16.3. The van der Waals surface area contributed by atoms with Crippen LogP contribution >= 0.6 is 0 Å². The van der Waals surface area contributed by atoms with Crippen molar-refractivity contribution in [1.29, 1.82) is 0 Å². The van der Waals surface area contributed by atoms with E-state index in [2.05, 4.69) is 77.4 Å². The molecule has 6 aromatic carbocycles. The maximum atomic E-state index is 6.24. The summed E-state index contributed by atoms with van der Waals surface area (Å²) in [6, 6.07) is 52.0. The van der Waals surface area contributed by atoms with Gasteiger partial charge < -0.3 is 8.98 Å². The molecular weight excluding hydrogens is 615 g/mol. The zero-order valence-electron chi connectivity index (χ0n) is 26.7. The molecule has 0 saturated carbocycles. The molecular formula is C44H27N5O. The van der Waals surface area contributed by atoms with Gasteiger partial charge in [-0.1, -0.05) is 115 Å². The van der Waals surface area contributed by atoms with E-state index in [0.717, 1.165) is 71.9 Å². The van der Waals surface area contributed by atoms with E-state index in [1.165, 1.54) is 5.39 Å². The lowest BCUT2D eigenvalue weighted by Crippen LogP contribution is -2.01. The molecule has 10 rings (SSSR count). The summed E-state index contributed by atoms with van der Waals surface area (Å²) in [6.07, 6.45) is 3.73. The Morgan fingerprint density at radius 1 is 0.380 bits per heavy atom. The predicted octanol–water partition coefficient (Wildman–Crippen LogP) is 10.9. The Bertz CT molecular complexity index is 2820. The van der Waals surface area contributed by atoms with Gasteiger partial charge >= 0.3 is 0 Å². The minimum absolute atomic E-state index is 0.563. The Kier molecular flexibility index (Phi) is 6.39. The summed E-state index contributed by atoms with van der Waals surface area (Å²) in [5.41, 5.74) is 9.71. The van der Waals surface area contributed by atoms with Crippen molar-refractivity contribution in [3.63, 3.8) is 0 Å². The number of aromatic nitrogens is 5. The number of hydrogen-bond donors (Lipinski definition) is 0. The van der Waals surface area contributed by atoms with Gasteiger partial charge in [-0.2, -0.15) is 0 Å². The second kappa shape index (κ2) is 11.4. The largest absolute Gasteiger partial charge is 0.456 e. The molecule has 234 valence electrons. The van der Waals surface area contributed by atoms with Gasteiger partial charge in [-0.05, 0) is 47.5 Å². The van der Waals surface area contributed by atoms with Gasteiger partial charge in [0.15, 0.2) is 17.5 Å². The number of para-hydroxylation sites is 2. The number of fused-ring (bicyclic) bond motifs is 6. The highest BCUT2D eigenvalue weighted by molar-refractivity contribution is 6.11. The van der Waals surface area contributed by atoms with Crippen LogP contribution in [0.4, 0.5) is 0 Å². The first-order valence-corrected chi connectivity index (χ1v) is 16.5. The van der Waals surface area contributed by atoms with Crippen molar-refractivity contribution < 1.29 is 4.42 Å². The Morgan fingerprint density at radius 2 is 0.940 bits per heavy atom. The standard InChI is InChI=1S/C44H27N5O/c1-3-11-28(12-4-1)42-46-43(29-13-5-2-6-14-29)48-44(47-42)32-23-33(27-45-26-32)49-38-17-9-7-15-34(38)35-21-19-30(24-39(35)49)31-20-22-37-36-16-8-10-18-40(36)50-41(37)25-31/h1-27H. The van der Waals surface area contributed by atoms with Crippen LogP contribution in [0.15, 0.2) is 168 Å². The SMILES string of the molecule is c1ccc(-c2nc(-c3ccccc3)nc(-c3cncc(-n4c5ccccc5c5ccc(-c6ccc7c(c6)oc6ccccc67)cc54)c3)n2)cc1. The number of benzene rings is 6. The minimum atomic E-state index is 0.563. The lowest BCUT2D eigenvalue weighted by Gasteiger charge is -2.11. The van der Waals surface area contributed by atoms with Crippen LogP contribution in [0.3, 0.4) is 0 Å². The van der Waals surface area contributed by atoms with Crippen LogP contribution in [0.2, 0.25) is 0 Å². The zero-order valence-corrected chi connectivity index (χ0v) is 26.7. The van der Waals surface area contributed by atoms with Crippen LogP contribution < -0.4 is 0 Å². The van der Waals surface area contributed by atoms with Gasteiger partial charge in [-0.3, -0.25) is 4.98 Å². The van der Waals surface area contributed by atoms with Crippen molar-refractivity contribution in [2.75, 3.05) is 0 Å². The third-order valence-corrected chi connectivity index (χ3v) is 9.33. The van der Waals surface area contributed by atoms with Crippen molar-refractivity contribution in [3.8, 4) is 51.0 Å². The Labute approximate surface area is 287 Å². The van der Waals surface area contributed by atoms with Crippen LogP contribution in [0.25, 0.3) is 94.7 Å². The fourth-order valence-corrected chi connectivity index (χ4v) is 6.94. The molecule has 6 heteroatoms. The summed E-state index contributed by atoms with van der Waals surface area (Å²) in [6.45, 7) is 0. The lowest BCUT2D eigenvalue weighted by atomic mass is 10.0. The zero-order chi connectivity index (χ0) is 33.0. The van der Waals surface area contributed by atoms with Crippen molar-refractivity contribution in [2.45, 2.75) is 0 Å². The number of furan rings is 1. The van der Waals surface area contributed by atoms with E-state index in [1.807, 2.05) is 91.3 Å². The molecule has 0 bridgehead atoms. The first-order chi connectivity index (χ1) is 24.8. The molecule has 0 aliphatic carbocycles. The van der Waals surface area contributed by atoms with Gasteiger partial charge in [0.2, 0.25) is 0 Å². The van der Waals surface area contributed by atoms with E-state index < -0.39 is 0 Å². The molecule has 4 aromatic heterocycles. The molecule has 0 aliphatic heterocycles. The molecule has 0 unspecified atom stereocenters. The van der Waals surface area contributed by atoms with Gasteiger partial charge in [0.05, 0.1) is 22.9 Å². The van der Waals surface area contributed by atoms with E-state index in [-0.39, 0.29) is 0 Å². The molecule has 0 aliphatic rings. The van der Waals surface area contributed by atoms with Crippen LogP contribution in [0.5, 0.6) is 0 Å². The van der Waals surface area contributed by atoms with E-state index in [4.69, 9.17) is 24.4 Å². The van der Waals surface area contributed by atoms with E-state index in [0.29, 0.717) is 17.5 Å². The van der Waals surface area contributed by atoms with Crippen LogP contribution in [0, 0.1) is 0 Å². The molecule has 4 heterocycles. The number of hydrogen-bond acceptors (Lipinski definition) is 5. The van der Waals surface area contributed by atoms with E-state index in [1.54, 1.807) is 0 Å².